The second-order valence-corrected chi connectivity index (χ2v) is 8.30. The van der Waals surface area contributed by atoms with Crippen molar-refractivity contribution in [3.63, 3.8) is 0 Å². The summed E-state index contributed by atoms with van der Waals surface area (Å²) < 4.78 is 16.8. The Kier molecular flexibility index (Phi) is 6.60. The SMILES string of the molecule is COc1ccccc1C1=C(N2CC(C)OC(C)C2)C(=O)N(CCN2CCOCC2)C1=O. The minimum atomic E-state index is -0.260. The Morgan fingerprint density at radius 2 is 1.68 bits per heavy atom. The molecule has 3 aliphatic heterocycles. The van der Waals surface area contributed by atoms with Crippen LogP contribution in [-0.2, 0) is 19.1 Å². The van der Waals surface area contributed by atoms with Gasteiger partial charge in [0.15, 0.2) is 0 Å². The van der Waals surface area contributed by atoms with Gasteiger partial charge in [0.25, 0.3) is 11.8 Å². The zero-order valence-electron chi connectivity index (χ0n) is 18.5. The van der Waals surface area contributed by atoms with Crippen LogP contribution in [0.2, 0.25) is 0 Å². The zero-order chi connectivity index (χ0) is 22.0. The van der Waals surface area contributed by atoms with E-state index in [1.54, 1.807) is 7.11 Å². The monoisotopic (exact) mass is 429 g/mol. The van der Waals surface area contributed by atoms with E-state index in [1.807, 2.05) is 43.0 Å². The van der Waals surface area contributed by atoms with E-state index in [0.717, 1.165) is 13.1 Å². The van der Waals surface area contributed by atoms with Gasteiger partial charge in [-0.15, -0.1) is 0 Å². The van der Waals surface area contributed by atoms with Crippen LogP contribution in [0.3, 0.4) is 0 Å². The molecule has 8 nitrogen and oxygen atoms in total. The predicted octanol–water partition coefficient (Wildman–Crippen LogP) is 1.22. The van der Waals surface area contributed by atoms with E-state index in [9.17, 15) is 9.59 Å². The smallest absolute Gasteiger partial charge is 0.277 e. The zero-order valence-corrected chi connectivity index (χ0v) is 18.5. The van der Waals surface area contributed by atoms with Crippen LogP contribution >= 0.6 is 0 Å². The molecular formula is C23H31N3O5. The molecule has 0 radical (unpaired) electrons. The van der Waals surface area contributed by atoms with Gasteiger partial charge in [-0.25, -0.2) is 0 Å². The summed E-state index contributed by atoms with van der Waals surface area (Å²) in [5.41, 5.74) is 1.53. The highest BCUT2D eigenvalue weighted by molar-refractivity contribution is 6.36. The van der Waals surface area contributed by atoms with Crippen LogP contribution in [-0.4, -0.2) is 98.3 Å². The molecule has 1 aromatic rings. The summed E-state index contributed by atoms with van der Waals surface area (Å²) in [4.78, 5) is 32.8. The number of benzene rings is 1. The number of carbonyl (C=O) groups excluding carboxylic acids is 2. The molecule has 2 amide bonds. The fourth-order valence-electron chi connectivity index (χ4n) is 4.58. The minimum absolute atomic E-state index is 0.0273. The van der Waals surface area contributed by atoms with Gasteiger partial charge in [-0.3, -0.25) is 19.4 Å². The lowest BCUT2D eigenvalue weighted by atomic mass is 10.0. The number of hydrogen-bond donors (Lipinski definition) is 0. The third-order valence-electron chi connectivity index (χ3n) is 6.00. The number of imide groups is 1. The summed E-state index contributed by atoms with van der Waals surface area (Å²) in [6.45, 7) is 9.10. The molecule has 4 rings (SSSR count). The number of rotatable bonds is 6. The molecule has 0 saturated carbocycles. The van der Waals surface area contributed by atoms with Crippen LogP contribution in [0, 0.1) is 0 Å². The standard InChI is InChI=1S/C23H31N3O5/c1-16-14-25(15-17(2)31-16)21-20(18-6-4-5-7-19(18)29-3)22(27)26(23(21)28)9-8-24-10-12-30-13-11-24/h4-7,16-17H,8-15H2,1-3H3. The van der Waals surface area contributed by atoms with E-state index in [2.05, 4.69) is 4.90 Å². The summed E-state index contributed by atoms with van der Waals surface area (Å²) in [5, 5.41) is 0. The van der Waals surface area contributed by atoms with Crippen LogP contribution in [0.15, 0.2) is 30.0 Å². The lowest BCUT2D eigenvalue weighted by Gasteiger charge is -2.37. The molecule has 3 aliphatic rings. The number of carbonyl (C=O) groups is 2. The number of morpholine rings is 2. The Hall–Kier alpha value is -2.42. The second-order valence-electron chi connectivity index (χ2n) is 8.30. The van der Waals surface area contributed by atoms with Gasteiger partial charge in [0.05, 0.1) is 38.1 Å². The second kappa shape index (κ2) is 9.38. The predicted molar refractivity (Wildman–Crippen MR) is 115 cm³/mol. The number of amides is 2. The Morgan fingerprint density at radius 3 is 2.35 bits per heavy atom. The largest absolute Gasteiger partial charge is 0.496 e. The van der Waals surface area contributed by atoms with E-state index in [4.69, 9.17) is 14.2 Å². The summed E-state index contributed by atoms with van der Waals surface area (Å²) in [5.74, 6) is 0.0885. The van der Waals surface area contributed by atoms with Crippen molar-refractivity contribution < 1.29 is 23.8 Å². The van der Waals surface area contributed by atoms with E-state index < -0.39 is 0 Å². The molecule has 0 aliphatic carbocycles. The molecule has 0 spiro atoms. The average molecular weight is 430 g/mol. The van der Waals surface area contributed by atoms with Gasteiger partial charge in [-0.1, -0.05) is 18.2 Å². The summed E-state index contributed by atoms with van der Waals surface area (Å²) in [7, 11) is 1.58. The highest BCUT2D eigenvalue weighted by Gasteiger charge is 2.43. The number of methoxy groups -OCH3 is 1. The van der Waals surface area contributed by atoms with E-state index in [1.165, 1.54) is 4.90 Å². The maximum Gasteiger partial charge on any atom is 0.277 e. The molecule has 3 heterocycles. The maximum absolute atomic E-state index is 13.6. The first-order chi connectivity index (χ1) is 15.0. The van der Waals surface area contributed by atoms with Gasteiger partial charge in [0.2, 0.25) is 0 Å². The Balaban J connectivity index is 1.67. The van der Waals surface area contributed by atoms with Crippen molar-refractivity contribution in [3.05, 3.63) is 35.5 Å². The first-order valence-corrected chi connectivity index (χ1v) is 10.9. The number of nitrogens with zero attached hydrogens (tertiary/aromatic N) is 3. The first kappa shape index (κ1) is 21.8. The minimum Gasteiger partial charge on any atom is -0.496 e. The molecule has 2 fully saturated rings. The average Bonchev–Trinajstić information content (AvgIpc) is 3.01. The van der Waals surface area contributed by atoms with E-state index in [0.29, 0.717) is 62.0 Å². The molecule has 2 atom stereocenters. The number of para-hydroxylation sites is 1. The molecule has 0 N–H and O–H groups in total. The van der Waals surface area contributed by atoms with Crippen molar-refractivity contribution >= 4 is 17.4 Å². The molecule has 2 saturated heterocycles. The fourth-order valence-corrected chi connectivity index (χ4v) is 4.58. The molecule has 31 heavy (non-hydrogen) atoms. The van der Waals surface area contributed by atoms with Gasteiger partial charge < -0.3 is 19.1 Å². The van der Waals surface area contributed by atoms with Gasteiger partial charge in [-0.05, 0) is 19.9 Å². The van der Waals surface area contributed by atoms with Crippen LogP contribution in [0.1, 0.15) is 19.4 Å². The van der Waals surface area contributed by atoms with Crippen LogP contribution in [0.5, 0.6) is 5.75 Å². The molecule has 0 aromatic heterocycles. The lowest BCUT2D eigenvalue weighted by molar-refractivity contribution is -0.138. The Morgan fingerprint density at radius 1 is 1.00 bits per heavy atom. The molecule has 2 unspecified atom stereocenters. The molecule has 8 heteroatoms. The van der Waals surface area contributed by atoms with Crippen molar-refractivity contribution in [2.75, 3.05) is 59.6 Å². The summed E-state index contributed by atoms with van der Waals surface area (Å²) >= 11 is 0. The highest BCUT2D eigenvalue weighted by atomic mass is 16.5. The molecule has 1 aromatic carbocycles. The first-order valence-electron chi connectivity index (χ1n) is 10.9. The summed E-state index contributed by atoms with van der Waals surface area (Å²) in [6, 6.07) is 7.39. The van der Waals surface area contributed by atoms with Gasteiger partial charge in [-0.2, -0.15) is 0 Å². The van der Waals surface area contributed by atoms with E-state index >= 15 is 0 Å². The molecular weight excluding hydrogens is 398 g/mol. The Labute approximate surface area is 183 Å². The van der Waals surface area contributed by atoms with Gasteiger partial charge in [0.1, 0.15) is 11.4 Å². The van der Waals surface area contributed by atoms with Crippen molar-refractivity contribution in [1.29, 1.82) is 0 Å². The molecule has 168 valence electrons. The third-order valence-corrected chi connectivity index (χ3v) is 6.00. The van der Waals surface area contributed by atoms with Crippen molar-refractivity contribution in [1.82, 2.24) is 14.7 Å². The van der Waals surface area contributed by atoms with Gasteiger partial charge >= 0.3 is 0 Å². The van der Waals surface area contributed by atoms with Crippen molar-refractivity contribution in [3.8, 4) is 5.75 Å². The van der Waals surface area contributed by atoms with Crippen LogP contribution < -0.4 is 4.74 Å². The highest BCUT2D eigenvalue weighted by Crippen LogP contribution is 2.37. The van der Waals surface area contributed by atoms with Crippen LogP contribution in [0.4, 0.5) is 0 Å². The Bertz CT molecular complexity index is 855. The van der Waals surface area contributed by atoms with Crippen LogP contribution in [0.25, 0.3) is 5.57 Å². The lowest BCUT2D eigenvalue weighted by Crippen LogP contribution is -2.48. The number of ether oxygens (including phenoxy) is 3. The number of hydrogen-bond acceptors (Lipinski definition) is 7. The quantitative estimate of drug-likeness (QED) is 0.630. The summed E-state index contributed by atoms with van der Waals surface area (Å²) in [6.07, 6.45) is -0.0547. The fraction of sp³-hybridized carbons (Fsp3) is 0.565. The van der Waals surface area contributed by atoms with Crippen molar-refractivity contribution in [2.24, 2.45) is 0 Å². The van der Waals surface area contributed by atoms with Gasteiger partial charge in [0, 0.05) is 44.8 Å². The maximum atomic E-state index is 13.6. The van der Waals surface area contributed by atoms with Crippen molar-refractivity contribution in [2.45, 2.75) is 26.1 Å². The topological polar surface area (TPSA) is 71.6 Å². The molecule has 0 bridgehead atoms. The van der Waals surface area contributed by atoms with E-state index in [-0.39, 0.29) is 24.0 Å². The normalized spacial score (nSPS) is 25.5. The third kappa shape index (κ3) is 4.46.